The molecule has 1 aliphatic rings. The third kappa shape index (κ3) is 7.05. The Balaban J connectivity index is 2.13. The minimum atomic E-state index is -0.501. The molecular weight excluding hydrogens is 210 g/mol. The molecule has 0 aliphatic heterocycles. The summed E-state index contributed by atoms with van der Waals surface area (Å²) < 4.78 is 0. The molecule has 0 amide bonds. The maximum atomic E-state index is 9.67. The summed E-state index contributed by atoms with van der Waals surface area (Å²) in [5, 5.41) is 13.4. The van der Waals surface area contributed by atoms with Gasteiger partial charge in [-0.2, -0.15) is 0 Å². The van der Waals surface area contributed by atoms with E-state index in [-0.39, 0.29) is 0 Å². The SMILES string of the molecule is C[C@H]1CCC[C@H](N[C@@H](C)CCCC(C)(C)O)C1. The van der Waals surface area contributed by atoms with Crippen molar-refractivity contribution in [2.75, 3.05) is 0 Å². The van der Waals surface area contributed by atoms with E-state index in [0.29, 0.717) is 6.04 Å². The van der Waals surface area contributed by atoms with Gasteiger partial charge in [0.05, 0.1) is 5.60 Å². The highest BCUT2D eigenvalue weighted by molar-refractivity contribution is 4.78. The van der Waals surface area contributed by atoms with Crippen molar-refractivity contribution in [3.8, 4) is 0 Å². The first-order valence-corrected chi connectivity index (χ1v) is 7.35. The van der Waals surface area contributed by atoms with Gasteiger partial charge in [-0.3, -0.25) is 0 Å². The van der Waals surface area contributed by atoms with E-state index in [0.717, 1.165) is 24.8 Å². The van der Waals surface area contributed by atoms with Gasteiger partial charge in [0.2, 0.25) is 0 Å². The number of aliphatic hydroxyl groups is 1. The Morgan fingerprint density at radius 2 is 2.06 bits per heavy atom. The van der Waals surface area contributed by atoms with Crippen molar-refractivity contribution in [1.82, 2.24) is 5.32 Å². The van der Waals surface area contributed by atoms with Crippen LogP contribution in [0.25, 0.3) is 0 Å². The third-order valence-corrected chi connectivity index (χ3v) is 3.88. The Kier molecular flexibility index (Phi) is 5.94. The molecule has 1 aliphatic carbocycles. The van der Waals surface area contributed by atoms with Crippen molar-refractivity contribution in [3.05, 3.63) is 0 Å². The molecule has 0 saturated heterocycles. The smallest absolute Gasteiger partial charge is 0.0591 e. The number of hydrogen-bond acceptors (Lipinski definition) is 2. The predicted octanol–water partition coefficient (Wildman–Crippen LogP) is 3.48. The number of rotatable bonds is 6. The van der Waals surface area contributed by atoms with E-state index in [1.165, 1.54) is 32.1 Å². The molecule has 17 heavy (non-hydrogen) atoms. The fraction of sp³-hybridized carbons (Fsp3) is 1.00. The Labute approximate surface area is 107 Å². The number of hydrogen-bond donors (Lipinski definition) is 2. The fourth-order valence-electron chi connectivity index (χ4n) is 2.91. The summed E-state index contributed by atoms with van der Waals surface area (Å²) in [6.45, 7) is 8.44. The highest BCUT2D eigenvalue weighted by Crippen LogP contribution is 2.24. The second-order valence-electron chi connectivity index (χ2n) is 6.74. The molecular formula is C15H31NO. The molecule has 0 aromatic rings. The molecule has 0 aromatic carbocycles. The molecule has 0 unspecified atom stereocenters. The van der Waals surface area contributed by atoms with E-state index < -0.39 is 5.60 Å². The fourth-order valence-corrected chi connectivity index (χ4v) is 2.91. The molecule has 102 valence electrons. The summed E-state index contributed by atoms with van der Waals surface area (Å²) in [7, 11) is 0. The zero-order valence-electron chi connectivity index (χ0n) is 12.1. The monoisotopic (exact) mass is 241 g/mol. The van der Waals surface area contributed by atoms with Crippen LogP contribution in [-0.2, 0) is 0 Å². The first-order valence-electron chi connectivity index (χ1n) is 7.35. The van der Waals surface area contributed by atoms with Crippen LogP contribution in [0.5, 0.6) is 0 Å². The van der Waals surface area contributed by atoms with Gasteiger partial charge in [0.15, 0.2) is 0 Å². The van der Waals surface area contributed by atoms with Gasteiger partial charge in [-0.25, -0.2) is 0 Å². The largest absolute Gasteiger partial charge is 0.390 e. The van der Waals surface area contributed by atoms with Crippen molar-refractivity contribution in [2.24, 2.45) is 5.92 Å². The van der Waals surface area contributed by atoms with Crippen LogP contribution in [-0.4, -0.2) is 22.8 Å². The van der Waals surface area contributed by atoms with Crippen LogP contribution in [0.1, 0.15) is 72.6 Å². The summed E-state index contributed by atoms with van der Waals surface area (Å²) in [6.07, 6.45) is 8.67. The Bertz CT molecular complexity index is 209. The van der Waals surface area contributed by atoms with Crippen molar-refractivity contribution < 1.29 is 5.11 Å². The quantitative estimate of drug-likeness (QED) is 0.746. The first-order chi connectivity index (χ1) is 7.87. The maximum Gasteiger partial charge on any atom is 0.0591 e. The molecule has 0 heterocycles. The number of nitrogens with one attached hydrogen (secondary N) is 1. The molecule has 2 N–H and O–H groups in total. The summed E-state index contributed by atoms with van der Waals surface area (Å²) in [4.78, 5) is 0. The van der Waals surface area contributed by atoms with E-state index >= 15 is 0 Å². The van der Waals surface area contributed by atoms with E-state index in [2.05, 4.69) is 19.2 Å². The van der Waals surface area contributed by atoms with Gasteiger partial charge in [-0.1, -0.05) is 19.8 Å². The Morgan fingerprint density at radius 1 is 1.35 bits per heavy atom. The van der Waals surface area contributed by atoms with Gasteiger partial charge in [0, 0.05) is 12.1 Å². The van der Waals surface area contributed by atoms with Crippen molar-refractivity contribution in [1.29, 1.82) is 0 Å². The van der Waals surface area contributed by atoms with Gasteiger partial charge in [0.1, 0.15) is 0 Å². The van der Waals surface area contributed by atoms with E-state index in [1.807, 2.05) is 13.8 Å². The van der Waals surface area contributed by atoms with Gasteiger partial charge in [-0.05, 0) is 58.8 Å². The Morgan fingerprint density at radius 3 is 2.65 bits per heavy atom. The van der Waals surface area contributed by atoms with Crippen LogP contribution in [0.4, 0.5) is 0 Å². The van der Waals surface area contributed by atoms with Crippen LogP contribution in [0, 0.1) is 5.92 Å². The minimum Gasteiger partial charge on any atom is -0.390 e. The zero-order chi connectivity index (χ0) is 12.9. The third-order valence-electron chi connectivity index (χ3n) is 3.88. The summed E-state index contributed by atoms with van der Waals surface area (Å²) in [5.74, 6) is 0.893. The van der Waals surface area contributed by atoms with E-state index in [4.69, 9.17) is 0 Å². The average molecular weight is 241 g/mol. The second-order valence-corrected chi connectivity index (χ2v) is 6.74. The minimum absolute atomic E-state index is 0.501. The second kappa shape index (κ2) is 6.75. The summed E-state index contributed by atoms with van der Waals surface area (Å²) in [5.41, 5.74) is -0.501. The van der Waals surface area contributed by atoms with E-state index in [1.54, 1.807) is 0 Å². The van der Waals surface area contributed by atoms with Gasteiger partial charge in [0.25, 0.3) is 0 Å². The van der Waals surface area contributed by atoms with Gasteiger partial charge >= 0.3 is 0 Å². The standard InChI is InChI=1S/C15H31NO/c1-12-7-5-9-14(11-12)16-13(2)8-6-10-15(3,4)17/h12-14,16-17H,5-11H2,1-4H3/t12-,13-,14-/m0/s1. The normalized spacial score (nSPS) is 28.1. The molecule has 1 fully saturated rings. The topological polar surface area (TPSA) is 32.3 Å². The van der Waals surface area contributed by atoms with Crippen molar-refractivity contribution >= 4 is 0 Å². The molecule has 3 atom stereocenters. The lowest BCUT2D eigenvalue weighted by molar-refractivity contribution is 0.0673. The van der Waals surface area contributed by atoms with Crippen LogP contribution >= 0.6 is 0 Å². The molecule has 1 saturated carbocycles. The first kappa shape index (κ1) is 15.0. The molecule has 0 spiro atoms. The zero-order valence-corrected chi connectivity index (χ0v) is 12.1. The molecule has 0 bridgehead atoms. The lowest BCUT2D eigenvalue weighted by atomic mass is 9.86. The van der Waals surface area contributed by atoms with Crippen molar-refractivity contribution in [3.63, 3.8) is 0 Å². The van der Waals surface area contributed by atoms with Crippen LogP contribution in [0.2, 0.25) is 0 Å². The molecule has 1 rings (SSSR count). The van der Waals surface area contributed by atoms with Crippen LogP contribution in [0.15, 0.2) is 0 Å². The average Bonchev–Trinajstić information content (AvgIpc) is 2.15. The maximum absolute atomic E-state index is 9.67. The summed E-state index contributed by atoms with van der Waals surface area (Å²) >= 11 is 0. The van der Waals surface area contributed by atoms with Gasteiger partial charge < -0.3 is 10.4 Å². The highest BCUT2D eigenvalue weighted by atomic mass is 16.3. The lowest BCUT2D eigenvalue weighted by Crippen LogP contribution is -2.39. The Hall–Kier alpha value is -0.0800. The highest BCUT2D eigenvalue weighted by Gasteiger charge is 2.20. The molecule has 0 radical (unpaired) electrons. The molecule has 2 nitrogen and oxygen atoms in total. The molecule has 2 heteroatoms. The van der Waals surface area contributed by atoms with Gasteiger partial charge in [-0.15, -0.1) is 0 Å². The molecule has 0 aromatic heterocycles. The summed E-state index contributed by atoms with van der Waals surface area (Å²) in [6, 6.07) is 1.32. The predicted molar refractivity (Wildman–Crippen MR) is 74.2 cm³/mol. The van der Waals surface area contributed by atoms with Crippen molar-refractivity contribution in [2.45, 2.75) is 90.3 Å². The van der Waals surface area contributed by atoms with Crippen LogP contribution in [0.3, 0.4) is 0 Å². The van der Waals surface area contributed by atoms with E-state index in [9.17, 15) is 5.11 Å². The lowest BCUT2D eigenvalue weighted by Gasteiger charge is -2.30. The van der Waals surface area contributed by atoms with Crippen LogP contribution < -0.4 is 5.32 Å².